The van der Waals surface area contributed by atoms with Crippen LogP contribution in [-0.4, -0.2) is 64.5 Å². The Morgan fingerprint density at radius 1 is 1.52 bits per heavy atom. The maximum Gasteiger partial charge on any atom is 0.322 e. The molecule has 2 saturated heterocycles. The minimum absolute atomic E-state index is 0.0307. The molecule has 1 N–H and O–H groups in total. The van der Waals surface area contributed by atoms with Crippen LogP contribution in [0.5, 0.6) is 0 Å². The molecule has 0 aliphatic carbocycles. The topological polar surface area (TPSA) is 102 Å². The summed E-state index contributed by atoms with van der Waals surface area (Å²) < 4.78 is 32.9. The molecule has 2 atom stereocenters. The second kappa shape index (κ2) is 5.59. The van der Waals surface area contributed by atoms with Gasteiger partial charge in [-0.25, -0.2) is 8.42 Å². The van der Waals surface area contributed by atoms with E-state index in [0.717, 1.165) is 10.7 Å². The Morgan fingerprint density at radius 2 is 2.33 bits per heavy atom. The summed E-state index contributed by atoms with van der Waals surface area (Å²) in [5.41, 5.74) is 0. The number of sulfonamides is 1. The molecule has 8 nitrogen and oxygen atoms in total. The van der Waals surface area contributed by atoms with Crippen LogP contribution < -0.4 is 0 Å². The fraction of sp³-hybridized carbons (Fsp3) is 0.636. The maximum atomic E-state index is 12.5. The van der Waals surface area contributed by atoms with Gasteiger partial charge in [0.05, 0.1) is 24.7 Å². The van der Waals surface area contributed by atoms with Gasteiger partial charge in [0.15, 0.2) is 0 Å². The average Bonchev–Trinajstić information content (AvgIpc) is 3.18. The number of aliphatic carboxylic acids is 1. The van der Waals surface area contributed by atoms with Crippen LogP contribution in [0.15, 0.2) is 17.3 Å². The molecule has 0 spiro atoms. The molecule has 1 aromatic heterocycles. The quantitative estimate of drug-likeness (QED) is 0.827. The highest BCUT2D eigenvalue weighted by Crippen LogP contribution is 2.29. The van der Waals surface area contributed by atoms with E-state index in [2.05, 4.69) is 5.10 Å². The van der Waals surface area contributed by atoms with Gasteiger partial charge in [-0.2, -0.15) is 9.40 Å². The largest absolute Gasteiger partial charge is 0.480 e. The lowest BCUT2D eigenvalue weighted by atomic mass is 10.3. The average molecular weight is 333 g/mol. The van der Waals surface area contributed by atoms with Crippen LogP contribution in [0.1, 0.15) is 12.5 Å². The van der Waals surface area contributed by atoms with Crippen LogP contribution >= 0.6 is 11.8 Å². The van der Waals surface area contributed by atoms with Crippen LogP contribution in [-0.2, 0) is 19.6 Å². The molecular formula is C11H15N3O5S2. The first-order valence-electron chi connectivity index (χ1n) is 6.44. The molecule has 2 fully saturated rings. The maximum absolute atomic E-state index is 12.5. The van der Waals surface area contributed by atoms with Crippen LogP contribution in [0.25, 0.3) is 0 Å². The lowest BCUT2D eigenvalue weighted by Gasteiger charge is -2.18. The molecule has 3 heterocycles. The monoisotopic (exact) mass is 333 g/mol. The van der Waals surface area contributed by atoms with Crippen molar-refractivity contribution >= 4 is 27.8 Å². The van der Waals surface area contributed by atoms with E-state index < -0.39 is 22.0 Å². The number of hydrogen-bond acceptors (Lipinski definition) is 6. The standard InChI is InChI=1S/C11H15N3O5S2/c15-11(16)10-6-20-7-14(10)21(17,18)9-3-12-13(4-9)8-1-2-19-5-8/h3-4,8,10H,1-2,5-7H2,(H,15,16)/t8?,10-/m1/s1. The number of nitrogens with zero attached hydrogens (tertiary/aromatic N) is 3. The van der Waals surface area contributed by atoms with Crippen LogP contribution in [0.4, 0.5) is 0 Å². The zero-order chi connectivity index (χ0) is 15.0. The summed E-state index contributed by atoms with van der Waals surface area (Å²) in [4.78, 5) is 11.2. The summed E-state index contributed by atoms with van der Waals surface area (Å²) in [6, 6.07) is -0.977. The second-order valence-corrected chi connectivity index (χ2v) is 7.81. The molecule has 0 aromatic carbocycles. The zero-order valence-corrected chi connectivity index (χ0v) is 12.7. The Labute approximate surface area is 126 Å². The van der Waals surface area contributed by atoms with Gasteiger partial charge in [-0.1, -0.05) is 0 Å². The summed E-state index contributed by atoms with van der Waals surface area (Å²) in [7, 11) is -3.83. The molecule has 2 aliphatic rings. The number of carboxylic acid groups (broad SMARTS) is 1. The Morgan fingerprint density at radius 3 is 3.00 bits per heavy atom. The molecule has 0 amide bonds. The molecular weight excluding hydrogens is 318 g/mol. The molecule has 1 aromatic rings. The molecule has 0 saturated carbocycles. The van der Waals surface area contributed by atoms with Gasteiger partial charge in [0.25, 0.3) is 0 Å². The highest BCUT2D eigenvalue weighted by Gasteiger charge is 2.40. The van der Waals surface area contributed by atoms with E-state index in [-0.39, 0.29) is 22.6 Å². The molecule has 0 bridgehead atoms. The van der Waals surface area contributed by atoms with E-state index in [0.29, 0.717) is 13.2 Å². The summed E-state index contributed by atoms with van der Waals surface area (Å²) in [6.07, 6.45) is 3.52. The van der Waals surface area contributed by atoms with Crippen molar-refractivity contribution in [2.45, 2.75) is 23.4 Å². The highest BCUT2D eigenvalue weighted by atomic mass is 32.2. The van der Waals surface area contributed by atoms with E-state index >= 15 is 0 Å². The highest BCUT2D eigenvalue weighted by molar-refractivity contribution is 8.00. The van der Waals surface area contributed by atoms with Gasteiger partial charge in [-0.05, 0) is 6.42 Å². The predicted molar refractivity (Wildman–Crippen MR) is 74.5 cm³/mol. The van der Waals surface area contributed by atoms with Crippen molar-refractivity contribution in [3.05, 3.63) is 12.4 Å². The molecule has 3 rings (SSSR count). The van der Waals surface area contributed by atoms with Crippen molar-refractivity contribution in [1.29, 1.82) is 0 Å². The molecule has 10 heteroatoms. The van der Waals surface area contributed by atoms with Gasteiger partial charge in [0, 0.05) is 18.6 Å². The summed E-state index contributed by atoms with van der Waals surface area (Å²) in [5.74, 6) is -0.712. The first kappa shape index (κ1) is 14.8. The Hall–Kier alpha value is -1.10. The number of thioether (sulfide) groups is 1. The molecule has 2 aliphatic heterocycles. The van der Waals surface area contributed by atoms with Crippen molar-refractivity contribution in [1.82, 2.24) is 14.1 Å². The van der Waals surface area contributed by atoms with Gasteiger partial charge in [0.1, 0.15) is 10.9 Å². The second-order valence-electron chi connectivity index (χ2n) is 4.92. The number of carboxylic acids is 1. The Bertz CT molecular complexity index is 638. The van der Waals surface area contributed by atoms with Gasteiger partial charge in [0.2, 0.25) is 10.0 Å². The SMILES string of the molecule is O=C(O)[C@H]1CSCN1S(=O)(=O)c1cnn(C2CCOC2)c1. The van der Waals surface area contributed by atoms with Crippen molar-refractivity contribution in [3.8, 4) is 0 Å². The normalized spacial score (nSPS) is 27.2. The number of ether oxygens (including phenoxy) is 1. The molecule has 1 unspecified atom stereocenters. The lowest BCUT2D eigenvalue weighted by molar-refractivity contribution is -0.140. The third-order valence-electron chi connectivity index (χ3n) is 3.59. The fourth-order valence-electron chi connectivity index (χ4n) is 2.38. The van der Waals surface area contributed by atoms with E-state index in [9.17, 15) is 13.2 Å². The molecule has 21 heavy (non-hydrogen) atoms. The van der Waals surface area contributed by atoms with Crippen LogP contribution in [0, 0.1) is 0 Å². The molecule has 116 valence electrons. The predicted octanol–water partition coefficient (Wildman–Crippen LogP) is -0.00730. The summed E-state index contributed by atoms with van der Waals surface area (Å²) in [6.45, 7) is 1.15. The first-order chi connectivity index (χ1) is 10.00. The van der Waals surface area contributed by atoms with Crippen molar-refractivity contribution in [2.75, 3.05) is 24.8 Å². The van der Waals surface area contributed by atoms with Crippen molar-refractivity contribution < 1.29 is 23.1 Å². The number of hydrogen-bond donors (Lipinski definition) is 1. The van der Waals surface area contributed by atoms with Gasteiger partial charge >= 0.3 is 5.97 Å². The Kier molecular flexibility index (Phi) is 3.95. The zero-order valence-electron chi connectivity index (χ0n) is 11.1. The van der Waals surface area contributed by atoms with Crippen molar-refractivity contribution in [2.24, 2.45) is 0 Å². The third kappa shape index (κ3) is 2.68. The minimum Gasteiger partial charge on any atom is -0.480 e. The van der Waals surface area contributed by atoms with Crippen LogP contribution in [0.3, 0.4) is 0 Å². The first-order valence-corrected chi connectivity index (χ1v) is 9.04. The summed E-state index contributed by atoms with van der Waals surface area (Å²) >= 11 is 1.29. The summed E-state index contributed by atoms with van der Waals surface area (Å²) in [5, 5.41) is 13.2. The number of aromatic nitrogens is 2. The van der Waals surface area contributed by atoms with Crippen LogP contribution in [0.2, 0.25) is 0 Å². The van der Waals surface area contributed by atoms with E-state index in [1.807, 2.05) is 0 Å². The van der Waals surface area contributed by atoms with E-state index in [1.54, 1.807) is 4.68 Å². The van der Waals surface area contributed by atoms with Gasteiger partial charge in [-0.15, -0.1) is 11.8 Å². The molecule has 0 radical (unpaired) electrons. The number of rotatable bonds is 4. The minimum atomic E-state index is -3.83. The third-order valence-corrected chi connectivity index (χ3v) is 6.57. The smallest absolute Gasteiger partial charge is 0.322 e. The van der Waals surface area contributed by atoms with Crippen molar-refractivity contribution in [3.63, 3.8) is 0 Å². The van der Waals surface area contributed by atoms with Gasteiger partial charge in [-0.3, -0.25) is 9.48 Å². The van der Waals surface area contributed by atoms with Gasteiger partial charge < -0.3 is 9.84 Å². The van der Waals surface area contributed by atoms with E-state index in [4.69, 9.17) is 9.84 Å². The fourth-order valence-corrected chi connectivity index (χ4v) is 5.45. The van der Waals surface area contributed by atoms with E-state index in [1.165, 1.54) is 24.2 Å². The lowest BCUT2D eigenvalue weighted by Crippen LogP contribution is -2.41. The number of carbonyl (C=O) groups is 1. The Balaban J connectivity index is 1.86.